The van der Waals surface area contributed by atoms with Crippen LogP contribution in [0.5, 0.6) is 0 Å². The van der Waals surface area contributed by atoms with E-state index in [1.807, 2.05) is 0 Å². The fourth-order valence-corrected chi connectivity index (χ4v) is 4.74. The average Bonchev–Trinajstić information content (AvgIpc) is 2.85. The molecule has 5 nitrogen and oxygen atoms in total. The van der Waals surface area contributed by atoms with E-state index in [9.17, 15) is 26.4 Å². The van der Waals surface area contributed by atoms with Gasteiger partial charge in [-0.1, -0.05) is 11.6 Å². The number of alkyl halides is 3. The van der Waals surface area contributed by atoms with E-state index in [1.165, 1.54) is 11.0 Å². The second-order valence-electron chi connectivity index (χ2n) is 5.78. The van der Waals surface area contributed by atoms with E-state index in [1.54, 1.807) is 6.92 Å². The number of benzene rings is 1. The van der Waals surface area contributed by atoms with E-state index in [0.29, 0.717) is 6.42 Å². The number of halogens is 4. The van der Waals surface area contributed by atoms with Gasteiger partial charge in [0, 0.05) is 23.3 Å². The number of amides is 1. The van der Waals surface area contributed by atoms with Crippen LogP contribution < -0.4 is 5.32 Å². The third-order valence-electron chi connectivity index (χ3n) is 4.03. The van der Waals surface area contributed by atoms with Crippen molar-refractivity contribution in [2.75, 3.05) is 29.9 Å². The van der Waals surface area contributed by atoms with Crippen molar-refractivity contribution >= 4 is 33.0 Å². The molecule has 0 saturated carbocycles. The van der Waals surface area contributed by atoms with Crippen molar-refractivity contribution in [2.24, 2.45) is 0 Å². The molecule has 1 aromatic rings. The van der Waals surface area contributed by atoms with Crippen LogP contribution in [0, 0.1) is 0 Å². The van der Waals surface area contributed by atoms with Gasteiger partial charge >= 0.3 is 6.18 Å². The zero-order valence-electron chi connectivity index (χ0n) is 13.4. The molecule has 1 amide bonds. The number of rotatable bonds is 5. The summed E-state index contributed by atoms with van der Waals surface area (Å²) in [6.45, 7) is 1.62. The van der Waals surface area contributed by atoms with E-state index in [-0.39, 0.29) is 35.3 Å². The van der Waals surface area contributed by atoms with Crippen LogP contribution in [0.1, 0.15) is 18.9 Å². The normalized spacial score (nSPS) is 19.6. The van der Waals surface area contributed by atoms with Gasteiger partial charge in [0.15, 0.2) is 9.84 Å². The fraction of sp³-hybridized carbons (Fsp3) is 0.533. The highest BCUT2D eigenvalue weighted by Crippen LogP contribution is 2.36. The van der Waals surface area contributed by atoms with E-state index < -0.39 is 33.5 Å². The fourth-order valence-electron chi connectivity index (χ4n) is 2.84. The van der Waals surface area contributed by atoms with Crippen LogP contribution >= 0.6 is 11.6 Å². The number of nitrogens with one attached hydrogen (secondary N) is 1. The lowest BCUT2D eigenvalue weighted by molar-refractivity contribution is -0.137. The molecule has 1 aliphatic heterocycles. The first kappa shape index (κ1) is 19.8. The predicted octanol–water partition coefficient (Wildman–Crippen LogP) is 2.81. The molecule has 1 aliphatic rings. The Labute approximate surface area is 149 Å². The zero-order valence-corrected chi connectivity index (χ0v) is 15.0. The monoisotopic (exact) mass is 398 g/mol. The maximum absolute atomic E-state index is 13.0. The Kier molecular flexibility index (Phi) is 5.88. The first-order valence-corrected chi connectivity index (χ1v) is 9.84. The minimum atomic E-state index is -4.61. The number of carbonyl (C=O) groups is 1. The molecule has 1 heterocycles. The number of nitrogens with zero attached hydrogens (tertiary/aromatic N) is 1. The molecule has 1 atom stereocenters. The average molecular weight is 399 g/mol. The lowest BCUT2D eigenvalue weighted by Crippen LogP contribution is -2.43. The van der Waals surface area contributed by atoms with Crippen molar-refractivity contribution in [3.63, 3.8) is 0 Å². The Hall–Kier alpha value is -1.48. The Bertz CT molecular complexity index is 753. The Morgan fingerprint density at radius 1 is 1.40 bits per heavy atom. The van der Waals surface area contributed by atoms with Gasteiger partial charge in [0.1, 0.15) is 0 Å². The summed E-state index contributed by atoms with van der Waals surface area (Å²) in [5.74, 6) is -0.543. The van der Waals surface area contributed by atoms with Crippen LogP contribution in [0.4, 0.5) is 18.9 Å². The van der Waals surface area contributed by atoms with E-state index in [0.717, 1.165) is 12.1 Å². The summed E-state index contributed by atoms with van der Waals surface area (Å²) in [4.78, 5) is 13.7. The topological polar surface area (TPSA) is 66.5 Å². The molecular weight excluding hydrogens is 381 g/mol. The number of hydrogen-bond donors (Lipinski definition) is 1. The Balaban J connectivity index is 2.09. The van der Waals surface area contributed by atoms with Gasteiger partial charge in [-0.3, -0.25) is 4.79 Å². The summed E-state index contributed by atoms with van der Waals surface area (Å²) in [5, 5.41) is 2.43. The number of hydrogen-bond acceptors (Lipinski definition) is 4. The summed E-state index contributed by atoms with van der Waals surface area (Å²) in [6, 6.07) is 2.81. The number of carbonyl (C=O) groups excluding carboxylic acids is 1. The molecule has 1 unspecified atom stereocenters. The molecule has 140 valence electrons. The molecule has 1 saturated heterocycles. The highest BCUT2D eigenvalue weighted by atomic mass is 35.5. The van der Waals surface area contributed by atoms with Gasteiger partial charge in [-0.2, -0.15) is 13.2 Å². The molecular formula is C15H18ClF3N2O3S. The van der Waals surface area contributed by atoms with Crippen LogP contribution in [0.3, 0.4) is 0 Å². The molecule has 0 aliphatic carbocycles. The molecule has 0 spiro atoms. The Morgan fingerprint density at radius 2 is 2.08 bits per heavy atom. The van der Waals surface area contributed by atoms with Gasteiger partial charge in [0.05, 0.1) is 23.6 Å². The van der Waals surface area contributed by atoms with Crippen molar-refractivity contribution in [3.05, 3.63) is 28.8 Å². The second-order valence-corrected chi connectivity index (χ2v) is 8.44. The standard InChI is InChI=1S/C15H18ClF3N2O3S/c1-2-21(11-5-6-25(23,24)9-11)14(22)8-20-13-4-3-10(16)7-12(13)15(17,18)19/h3-4,7,11,20H,2,5-6,8-9H2,1H3. The molecule has 10 heteroatoms. The highest BCUT2D eigenvalue weighted by molar-refractivity contribution is 7.91. The van der Waals surface area contributed by atoms with E-state index >= 15 is 0 Å². The minimum absolute atomic E-state index is 0.0181. The minimum Gasteiger partial charge on any atom is -0.376 e. The molecule has 0 bridgehead atoms. The van der Waals surface area contributed by atoms with Gasteiger partial charge in [-0.05, 0) is 31.5 Å². The molecule has 1 fully saturated rings. The highest BCUT2D eigenvalue weighted by Gasteiger charge is 2.35. The van der Waals surface area contributed by atoms with Crippen molar-refractivity contribution < 1.29 is 26.4 Å². The van der Waals surface area contributed by atoms with Gasteiger partial charge in [-0.25, -0.2) is 8.42 Å². The molecule has 1 N–H and O–H groups in total. The first-order chi connectivity index (χ1) is 11.5. The lowest BCUT2D eigenvalue weighted by atomic mass is 10.1. The summed E-state index contributed by atoms with van der Waals surface area (Å²) in [5.41, 5.74) is -1.21. The van der Waals surface area contributed by atoms with Crippen molar-refractivity contribution in [3.8, 4) is 0 Å². The largest absolute Gasteiger partial charge is 0.418 e. The second kappa shape index (κ2) is 7.41. The molecule has 1 aromatic carbocycles. The van der Waals surface area contributed by atoms with E-state index in [4.69, 9.17) is 11.6 Å². The van der Waals surface area contributed by atoms with Crippen molar-refractivity contribution in [1.82, 2.24) is 4.90 Å². The van der Waals surface area contributed by atoms with Crippen molar-refractivity contribution in [1.29, 1.82) is 0 Å². The van der Waals surface area contributed by atoms with Crippen LogP contribution in [0.25, 0.3) is 0 Å². The van der Waals surface area contributed by atoms with Gasteiger partial charge < -0.3 is 10.2 Å². The van der Waals surface area contributed by atoms with Crippen LogP contribution in [-0.2, 0) is 20.8 Å². The molecule has 0 radical (unpaired) electrons. The van der Waals surface area contributed by atoms with E-state index in [2.05, 4.69) is 5.32 Å². The summed E-state index contributed by atoms with van der Waals surface area (Å²) in [6.07, 6.45) is -4.27. The van der Waals surface area contributed by atoms with Crippen LogP contribution in [0.2, 0.25) is 5.02 Å². The maximum atomic E-state index is 13.0. The first-order valence-electron chi connectivity index (χ1n) is 7.64. The summed E-state index contributed by atoms with van der Waals surface area (Å²) < 4.78 is 62.3. The number of likely N-dealkylation sites (N-methyl/N-ethyl adjacent to an activating group) is 1. The Morgan fingerprint density at radius 3 is 2.60 bits per heavy atom. The molecule has 25 heavy (non-hydrogen) atoms. The summed E-state index contributed by atoms with van der Waals surface area (Å²) in [7, 11) is -3.16. The smallest absolute Gasteiger partial charge is 0.376 e. The van der Waals surface area contributed by atoms with Gasteiger partial charge in [-0.15, -0.1) is 0 Å². The SMILES string of the molecule is CCN(C(=O)CNc1ccc(Cl)cc1C(F)(F)F)C1CCS(=O)(=O)C1. The van der Waals surface area contributed by atoms with Crippen LogP contribution in [-0.4, -0.2) is 49.9 Å². The zero-order chi connectivity index (χ0) is 18.8. The maximum Gasteiger partial charge on any atom is 0.418 e. The molecule has 2 rings (SSSR count). The van der Waals surface area contributed by atoms with Gasteiger partial charge in [0.2, 0.25) is 5.91 Å². The number of anilines is 1. The summed E-state index contributed by atoms with van der Waals surface area (Å²) >= 11 is 5.61. The van der Waals surface area contributed by atoms with Gasteiger partial charge in [0.25, 0.3) is 0 Å². The third kappa shape index (κ3) is 5.01. The van der Waals surface area contributed by atoms with Crippen LogP contribution in [0.15, 0.2) is 18.2 Å². The lowest BCUT2D eigenvalue weighted by Gasteiger charge is -2.27. The molecule has 0 aromatic heterocycles. The quantitative estimate of drug-likeness (QED) is 0.828. The third-order valence-corrected chi connectivity index (χ3v) is 6.01. The number of sulfone groups is 1. The van der Waals surface area contributed by atoms with Crippen molar-refractivity contribution in [2.45, 2.75) is 25.6 Å². The predicted molar refractivity (Wildman–Crippen MR) is 89.4 cm³/mol.